The Hall–Kier alpha value is -2.77. The van der Waals surface area contributed by atoms with E-state index in [1.165, 1.54) is 11.3 Å². The van der Waals surface area contributed by atoms with E-state index in [2.05, 4.69) is 14.7 Å². The maximum atomic E-state index is 12.7. The Morgan fingerprint density at radius 3 is 2.59 bits per heavy atom. The topological polar surface area (TPSA) is 72.0 Å². The number of thiazole rings is 1. The number of nitrogens with one attached hydrogen (secondary N) is 1. The second-order valence-electron chi connectivity index (χ2n) is 6.28. The summed E-state index contributed by atoms with van der Waals surface area (Å²) in [5, 5.41) is 0.802. The Balaban J connectivity index is 1.67. The van der Waals surface area contributed by atoms with Gasteiger partial charge in [0.2, 0.25) is 0 Å². The third-order valence-electron chi connectivity index (χ3n) is 4.32. The van der Waals surface area contributed by atoms with Gasteiger partial charge in [0.15, 0.2) is 0 Å². The normalized spacial score (nSPS) is 11.6. The van der Waals surface area contributed by atoms with E-state index in [4.69, 9.17) is 0 Å². The van der Waals surface area contributed by atoms with E-state index in [1.54, 1.807) is 30.5 Å². The number of fused-ring (bicyclic) bond motifs is 1. The Labute approximate surface area is 161 Å². The molecule has 0 fully saturated rings. The lowest BCUT2D eigenvalue weighted by Gasteiger charge is -2.10. The van der Waals surface area contributed by atoms with Gasteiger partial charge in [-0.2, -0.15) is 0 Å². The molecule has 4 aromatic rings. The molecule has 27 heavy (non-hydrogen) atoms. The molecular weight excluding hydrogens is 378 g/mol. The molecule has 0 unspecified atom stereocenters. The van der Waals surface area contributed by atoms with Crippen molar-refractivity contribution in [3.63, 3.8) is 0 Å². The van der Waals surface area contributed by atoms with Crippen LogP contribution in [0.3, 0.4) is 0 Å². The molecule has 0 saturated carbocycles. The highest BCUT2D eigenvalue weighted by Crippen LogP contribution is 2.30. The Morgan fingerprint density at radius 2 is 1.81 bits per heavy atom. The van der Waals surface area contributed by atoms with Gasteiger partial charge in [-0.25, -0.2) is 18.4 Å². The van der Waals surface area contributed by atoms with Crippen molar-refractivity contribution in [2.45, 2.75) is 18.7 Å². The number of pyridine rings is 1. The maximum absolute atomic E-state index is 12.7. The van der Waals surface area contributed by atoms with Gasteiger partial charge in [-0.05, 0) is 61.4 Å². The second kappa shape index (κ2) is 6.75. The lowest BCUT2D eigenvalue weighted by Crippen LogP contribution is -2.13. The summed E-state index contributed by atoms with van der Waals surface area (Å²) >= 11 is 1.48. The molecule has 0 spiro atoms. The number of nitrogens with zero attached hydrogens (tertiary/aromatic N) is 2. The van der Waals surface area contributed by atoms with Crippen LogP contribution in [0.4, 0.5) is 5.69 Å². The largest absolute Gasteiger partial charge is 0.280 e. The van der Waals surface area contributed by atoms with Crippen molar-refractivity contribution >= 4 is 37.4 Å². The summed E-state index contributed by atoms with van der Waals surface area (Å²) in [6.07, 6.45) is 1.73. The molecule has 2 aromatic carbocycles. The van der Waals surface area contributed by atoms with E-state index in [9.17, 15) is 8.42 Å². The summed E-state index contributed by atoms with van der Waals surface area (Å²) in [7, 11) is -3.66. The van der Waals surface area contributed by atoms with Gasteiger partial charge in [-0.1, -0.05) is 29.5 Å². The number of hydrogen-bond donors (Lipinski definition) is 1. The second-order valence-corrected chi connectivity index (χ2v) is 8.94. The summed E-state index contributed by atoms with van der Waals surface area (Å²) in [5.74, 6) is 0. The highest BCUT2D eigenvalue weighted by Gasteiger charge is 2.16. The van der Waals surface area contributed by atoms with Gasteiger partial charge in [0.25, 0.3) is 10.0 Å². The van der Waals surface area contributed by atoms with E-state index in [1.807, 2.05) is 44.2 Å². The highest BCUT2D eigenvalue weighted by atomic mass is 32.2. The third-order valence-corrected chi connectivity index (χ3v) is 6.72. The molecule has 7 heteroatoms. The van der Waals surface area contributed by atoms with E-state index in [0.29, 0.717) is 5.69 Å². The minimum Gasteiger partial charge on any atom is -0.280 e. The van der Waals surface area contributed by atoms with Crippen LogP contribution in [0.2, 0.25) is 0 Å². The molecule has 136 valence electrons. The molecule has 0 aliphatic rings. The van der Waals surface area contributed by atoms with Crippen molar-refractivity contribution in [3.05, 3.63) is 71.9 Å². The van der Waals surface area contributed by atoms with Crippen molar-refractivity contribution in [1.29, 1.82) is 0 Å². The molecule has 2 heterocycles. The van der Waals surface area contributed by atoms with E-state index < -0.39 is 10.0 Å². The zero-order valence-electron chi connectivity index (χ0n) is 14.8. The quantitative estimate of drug-likeness (QED) is 0.540. The van der Waals surface area contributed by atoms with Crippen LogP contribution in [0.25, 0.3) is 20.9 Å². The molecule has 0 bridgehead atoms. The fraction of sp³-hybridized carbons (Fsp3) is 0.100. The molecule has 1 N–H and O–H groups in total. The summed E-state index contributed by atoms with van der Waals surface area (Å²) in [5.41, 5.74) is 4.17. The molecule has 0 saturated heterocycles. The van der Waals surface area contributed by atoms with Crippen molar-refractivity contribution in [3.8, 4) is 10.6 Å². The van der Waals surface area contributed by atoms with E-state index in [-0.39, 0.29) is 4.90 Å². The summed E-state index contributed by atoms with van der Waals surface area (Å²) in [4.78, 5) is 9.99. The molecule has 0 atom stereocenters. The average Bonchev–Trinajstić information content (AvgIpc) is 3.08. The first-order valence-electron chi connectivity index (χ1n) is 8.34. The number of aromatic nitrogens is 2. The van der Waals surface area contributed by atoms with Gasteiger partial charge in [0.1, 0.15) is 15.4 Å². The molecule has 4 rings (SSSR count). The van der Waals surface area contributed by atoms with Crippen LogP contribution in [0.15, 0.2) is 65.7 Å². The zero-order valence-corrected chi connectivity index (χ0v) is 16.4. The smallest absolute Gasteiger partial charge is 0.261 e. The van der Waals surface area contributed by atoms with Crippen LogP contribution in [-0.2, 0) is 10.0 Å². The highest BCUT2D eigenvalue weighted by molar-refractivity contribution is 7.92. The number of sulfonamides is 1. The van der Waals surface area contributed by atoms with Gasteiger partial charge in [-0.15, -0.1) is 0 Å². The standard InChI is InChI=1S/C20H17N3O2S2/c1-13-8-9-17(11-14(13)2)27(24,25)23-16-6-3-5-15(12-16)19-22-18-7-4-10-21-20(18)26-19/h3-12,23H,1-2H3. The zero-order chi connectivity index (χ0) is 19.0. The molecule has 2 aromatic heterocycles. The van der Waals surface area contributed by atoms with Gasteiger partial charge in [0, 0.05) is 17.4 Å². The van der Waals surface area contributed by atoms with Crippen molar-refractivity contribution < 1.29 is 8.42 Å². The lowest BCUT2D eigenvalue weighted by molar-refractivity contribution is 0.601. The molecular formula is C20H17N3O2S2. The third kappa shape index (κ3) is 3.56. The van der Waals surface area contributed by atoms with Crippen molar-refractivity contribution in [2.75, 3.05) is 4.72 Å². The fourth-order valence-corrected chi connectivity index (χ4v) is 4.74. The van der Waals surface area contributed by atoms with Crippen LogP contribution in [-0.4, -0.2) is 18.4 Å². The number of aryl methyl sites for hydroxylation is 2. The first kappa shape index (κ1) is 17.6. The number of benzene rings is 2. The van der Waals surface area contributed by atoms with Gasteiger partial charge >= 0.3 is 0 Å². The minimum absolute atomic E-state index is 0.250. The summed E-state index contributed by atoms with van der Waals surface area (Å²) < 4.78 is 28.1. The molecule has 0 aliphatic carbocycles. The van der Waals surface area contributed by atoms with Crippen LogP contribution < -0.4 is 4.72 Å². The lowest BCUT2D eigenvalue weighted by atomic mass is 10.1. The predicted octanol–water partition coefficient (Wildman–Crippen LogP) is 4.78. The average molecular weight is 396 g/mol. The number of anilines is 1. The van der Waals surface area contributed by atoms with E-state index in [0.717, 1.165) is 32.0 Å². The molecule has 0 amide bonds. The summed E-state index contributed by atoms with van der Waals surface area (Å²) in [6.45, 7) is 3.85. The number of hydrogen-bond acceptors (Lipinski definition) is 5. The van der Waals surface area contributed by atoms with Crippen LogP contribution in [0.5, 0.6) is 0 Å². The van der Waals surface area contributed by atoms with Crippen LogP contribution in [0.1, 0.15) is 11.1 Å². The molecule has 0 aliphatic heterocycles. The van der Waals surface area contributed by atoms with Gasteiger partial charge in [-0.3, -0.25) is 4.72 Å². The van der Waals surface area contributed by atoms with Gasteiger partial charge < -0.3 is 0 Å². The van der Waals surface area contributed by atoms with Gasteiger partial charge in [0.05, 0.1) is 4.90 Å². The van der Waals surface area contributed by atoms with Crippen LogP contribution in [0, 0.1) is 13.8 Å². The Morgan fingerprint density at radius 1 is 0.963 bits per heavy atom. The first-order chi connectivity index (χ1) is 12.9. The fourth-order valence-electron chi connectivity index (χ4n) is 2.70. The predicted molar refractivity (Wildman–Crippen MR) is 110 cm³/mol. The SMILES string of the molecule is Cc1ccc(S(=O)(=O)Nc2cccc(-c3nc4cccnc4s3)c2)cc1C. The van der Waals surface area contributed by atoms with E-state index >= 15 is 0 Å². The summed E-state index contributed by atoms with van der Waals surface area (Å²) in [6, 6.07) is 16.1. The first-order valence-corrected chi connectivity index (χ1v) is 10.6. The molecule has 5 nitrogen and oxygen atoms in total. The van der Waals surface area contributed by atoms with Crippen molar-refractivity contribution in [2.24, 2.45) is 0 Å². The Kier molecular flexibility index (Phi) is 4.41. The van der Waals surface area contributed by atoms with Crippen LogP contribution >= 0.6 is 11.3 Å². The monoisotopic (exact) mass is 395 g/mol. The minimum atomic E-state index is -3.66. The maximum Gasteiger partial charge on any atom is 0.261 e. The number of rotatable bonds is 4. The molecule has 0 radical (unpaired) electrons. The Bertz CT molecular complexity index is 1210. The van der Waals surface area contributed by atoms with Crippen molar-refractivity contribution in [1.82, 2.24) is 9.97 Å².